The van der Waals surface area contributed by atoms with Gasteiger partial charge in [0, 0.05) is 6.08 Å². The van der Waals surface area contributed by atoms with Crippen LogP contribution in [0.3, 0.4) is 0 Å². The Bertz CT molecular complexity index is 258. The summed E-state index contributed by atoms with van der Waals surface area (Å²) in [7, 11) is 2.70. The molecule has 0 radical (unpaired) electrons. The van der Waals surface area contributed by atoms with Gasteiger partial charge in [-0.3, -0.25) is 0 Å². The molecular formula is C12H20O5. The quantitative estimate of drug-likeness (QED) is 0.309. The summed E-state index contributed by atoms with van der Waals surface area (Å²) < 4.78 is 13.5. The molecule has 0 fully saturated rings. The Hall–Kier alpha value is -1.78. The number of methoxy groups -OCH3 is 2. The van der Waals surface area contributed by atoms with E-state index in [-0.39, 0.29) is 5.76 Å². The molecule has 0 heterocycles. The predicted molar refractivity (Wildman–Crippen MR) is 64.2 cm³/mol. The largest absolute Gasteiger partial charge is 0.490 e. The van der Waals surface area contributed by atoms with Crippen LogP contribution in [0.2, 0.25) is 0 Å². The number of hydrogen-bond acceptors (Lipinski definition) is 5. The molecule has 0 aromatic carbocycles. The first-order valence-electron chi connectivity index (χ1n) is 5.13. The highest BCUT2D eigenvalue weighted by molar-refractivity contribution is 5.85. The normalized spacial score (nSPS) is 8.18. The molecule has 0 saturated carbocycles. The monoisotopic (exact) mass is 244 g/mol. The van der Waals surface area contributed by atoms with Crippen LogP contribution in [0, 0.1) is 0 Å². The molecule has 0 amide bonds. The van der Waals surface area contributed by atoms with E-state index in [4.69, 9.17) is 4.74 Å². The summed E-state index contributed by atoms with van der Waals surface area (Å²) in [6.07, 6.45) is 3.00. The van der Waals surface area contributed by atoms with Crippen molar-refractivity contribution in [3.05, 3.63) is 25.0 Å². The van der Waals surface area contributed by atoms with Gasteiger partial charge in [0.05, 0.1) is 20.8 Å². The van der Waals surface area contributed by atoms with E-state index >= 15 is 0 Å². The molecule has 0 atom stereocenters. The van der Waals surface area contributed by atoms with Crippen LogP contribution in [-0.2, 0) is 23.8 Å². The zero-order chi connectivity index (χ0) is 13.7. The summed E-state index contributed by atoms with van der Waals surface area (Å²) >= 11 is 0. The van der Waals surface area contributed by atoms with Gasteiger partial charge in [0.15, 0.2) is 5.76 Å². The lowest BCUT2D eigenvalue weighted by atomic mass is 10.4. The molecule has 0 rings (SSSR count). The van der Waals surface area contributed by atoms with Crippen molar-refractivity contribution in [3.8, 4) is 0 Å². The molecule has 5 heteroatoms. The summed E-state index contributed by atoms with van der Waals surface area (Å²) in [5.74, 6) is -0.808. The van der Waals surface area contributed by atoms with Crippen molar-refractivity contribution in [1.82, 2.24) is 0 Å². The Balaban J connectivity index is 0. The topological polar surface area (TPSA) is 61.8 Å². The Kier molecular flexibility index (Phi) is 12.7. The Morgan fingerprint density at radius 3 is 2.12 bits per heavy atom. The molecule has 0 aromatic rings. The SMILES string of the molecule is C=C(OC)C(=O)OCCCC.C=CC(=O)OC. The highest BCUT2D eigenvalue weighted by atomic mass is 16.6. The molecule has 98 valence electrons. The van der Waals surface area contributed by atoms with Crippen molar-refractivity contribution in [2.75, 3.05) is 20.8 Å². The fourth-order valence-electron chi connectivity index (χ4n) is 0.556. The summed E-state index contributed by atoms with van der Waals surface area (Å²) in [5, 5.41) is 0. The van der Waals surface area contributed by atoms with Crippen LogP contribution in [0.1, 0.15) is 19.8 Å². The molecule has 0 unspecified atom stereocenters. The minimum atomic E-state index is -0.471. The van der Waals surface area contributed by atoms with Gasteiger partial charge in [-0.15, -0.1) is 0 Å². The van der Waals surface area contributed by atoms with Gasteiger partial charge in [-0.05, 0) is 13.0 Å². The van der Waals surface area contributed by atoms with E-state index in [1.807, 2.05) is 6.92 Å². The number of unbranched alkanes of at least 4 members (excludes halogenated alkanes) is 1. The van der Waals surface area contributed by atoms with E-state index in [0.717, 1.165) is 18.9 Å². The van der Waals surface area contributed by atoms with Crippen molar-refractivity contribution < 1.29 is 23.8 Å². The third kappa shape index (κ3) is 12.2. The highest BCUT2D eigenvalue weighted by Gasteiger charge is 2.06. The van der Waals surface area contributed by atoms with Crippen molar-refractivity contribution in [2.24, 2.45) is 0 Å². The van der Waals surface area contributed by atoms with Crippen molar-refractivity contribution in [3.63, 3.8) is 0 Å². The second kappa shape index (κ2) is 12.3. The molecule has 0 aliphatic heterocycles. The minimum absolute atomic E-state index is 0.0566. The van der Waals surface area contributed by atoms with E-state index in [0.29, 0.717) is 6.61 Å². The number of carbonyl (C=O) groups excluding carboxylic acids is 2. The van der Waals surface area contributed by atoms with E-state index in [1.54, 1.807) is 0 Å². The molecule has 0 aliphatic rings. The molecule has 0 aliphatic carbocycles. The number of rotatable bonds is 6. The molecule has 0 aromatic heterocycles. The third-order valence-corrected chi connectivity index (χ3v) is 1.57. The fourth-order valence-corrected chi connectivity index (χ4v) is 0.556. The lowest BCUT2D eigenvalue weighted by Crippen LogP contribution is -2.09. The van der Waals surface area contributed by atoms with Gasteiger partial charge < -0.3 is 14.2 Å². The second-order valence-corrected chi connectivity index (χ2v) is 2.84. The maximum Gasteiger partial charge on any atom is 0.372 e. The third-order valence-electron chi connectivity index (χ3n) is 1.57. The van der Waals surface area contributed by atoms with Crippen LogP contribution in [-0.4, -0.2) is 32.8 Å². The van der Waals surface area contributed by atoms with Gasteiger partial charge in [0.25, 0.3) is 0 Å². The average molecular weight is 244 g/mol. The predicted octanol–water partition coefficient (Wildman–Crippen LogP) is 1.84. The first-order chi connectivity index (χ1) is 8.03. The molecule has 17 heavy (non-hydrogen) atoms. The van der Waals surface area contributed by atoms with E-state index in [2.05, 4.69) is 22.6 Å². The zero-order valence-corrected chi connectivity index (χ0v) is 10.7. The van der Waals surface area contributed by atoms with Gasteiger partial charge in [-0.25, -0.2) is 9.59 Å². The van der Waals surface area contributed by atoms with Crippen molar-refractivity contribution in [1.29, 1.82) is 0 Å². The number of hydrogen-bond donors (Lipinski definition) is 0. The second-order valence-electron chi connectivity index (χ2n) is 2.84. The summed E-state index contributed by atoms with van der Waals surface area (Å²) in [6.45, 7) is 8.98. The highest BCUT2D eigenvalue weighted by Crippen LogP contribution is 1.96. The van der Waals surface area contributed by atoms with Crippen LogP contribution in [0.5, 0.6) is 0 Å². The van der Waals surface area contributed by atoms with Crippen LogP contribution in [0.25, 0.3) is 0 Å². The Labute approximate surface area is 102 Å². The summed E-state index contributed by atoms with van der Waals surface area (Å²) in [6, 6.07) is 0. The van der Waals surface area contributed by atoms with Crippen LogP contribution >= 0.6 is 0 Å². The molecular weight excluding hydrogens is 224 g/mol. The van der Waals surface area contributed by atoms with Crippen LogP contribution < -0.4 is 0 Å². The lowest BCUT2D eigenvalue weighted by molar-refractivity contribution is -0.142. The maximum absolute atomic E-state index is 10.8. The number of carbonyl (C=O) groups is 2. The van der Waals surface area contributed by atoms with Crippen molar-refractivity contribution >= 4 is 11.9 Å². The fraction of sp³-hybridized carbons (Fsp3) is 0.500. The van der Waals surface area contributed by atoms with Crippen LogP contribution in [0.4, 0.5) is 0 Å². The number of ether oxygens (including phenoxy) is 3. The van der Waals surface area contributed by atoms with Gasteiger partial charge in [0.2, 0.25) is 0 Å². The first kappa shape index (κ1) is 17.6. The Morgan fingerprint density at radius 1 is 1.24 bits per heavy atom. The molecule has 5 nitrogen and oxygen atoms in total. The van der Waals surface area contributed by atoms with E-state index < -0.39 is 11.9 Å². The molecule has 0 saturated heterocycles. The lowest BCUT2D eigenvalue weighted by Gasteiger charge is -2.03. The zero-order valence-electron chi connectivity index (χ0n) is 10.7. The first-order valence-corrected chi connectivity index (χ1v) is 5.13. The van der Waals surface area contributed by atoms with Crippen LogP contribution in [0.15, 0.2) is 25.0 Å². The smallest absolute Gasteiger partial charge is 0.372 e. The standard InChI is InChI=1S/C8H14O3.C4H6O2/c1-4-5-6-11-8(9)7(2)10-3;1-3-4(5)6-2/h2,4-6H2,1,3H3;3H,1H2,2H3. The molecule has 0 bridgehead atoms. The number of esters is 2. The van der Waals surface area contributed by atoms with Crippen molar-refractivity contribution in [2.45, 2.75) is 19.8 Å². The summed E-state index contributed by atoms with van der Waals surface area (Å²) in [5.41, 5.74) is 0. The summed E-state index contributed by atoms with van der Waals surface area (Å²) in [4.78, 5) is 20.6. The minimum Gasteiger partial charge on any atom is -0.490 e. The molecule has 0 spiro atoms. The maximum atomic E-state index is 10.8. The van der Waals surface area contributed by atoms with Gasteiger partial charge in [0.1, 0.15) is 0 Å². The Morgan fingerprint density at radius 2 is 1.82 bits per heavy atom. The van der Waals surface area contributed by atoms with E-state index in [1.165, 1.54) is 14.2 Å². The van der Waals surface area contributed by atoms with Gasteiger partial charge >= 0.3 is 11.9 Å². The van der Waals surface area contributed by atoms with Gasteiger partial charge in [-0.2, -0.15) is 0 Å². The van der Waals surface area contributed by atoms with E-state index in [9.17, 15) is 9.59 Å². The molecule has 0 N–H and O–H groups in total. The average Bonchev–Trinajstić information content (AvgIpc) is 2.37. The van der Waals surface area contributed by atoms with Gasteiger partial charge in [-0.1, -0.05) is 19.9 Å².